The van der Waals surface area contributed by atoms with Crippen molar-refractivity contribution in [2.45, 2.75) is 91.9 Å². The van der Waals surface area contributed by atoms with Crippen LogP contribution in [-0.4, -0.2) is 0 Å². The van der Waals surface area contributed by atoms with Crippen LogP contribution in [-0.2, 0) is 0 Å². The van der Waals surface area contributed by atoms with Crippen LogP contribution in [0.5, 0.6) is 0 Å². The van der Waals surface area contributed by atoms with Gasteiger partial charge in [-0.05, 0) is 36.5 Å². The minimum Gasteiger partial charge on any atom is -0.0654 e. The summed E-state index contributed by atoms with van der Waals surface area (Å²) in [6, 6.07) is 0. The number of hydrogen-bond donors (Lipinski definition) is 0. The van der Waals surface area contributed by atoms with Crippen LogP contribution in [0.2, 0.25) is 0 Å². The van der Waals surface area contributed by atoms with E-state index < -0.39 is 0 Å². The van der Waals surface area contributed by atoms with Crippen molar-refractivity contribution in [3.8, 4) is 0 Å². The Labute approximate surface area is 116 Å². The van der Waals surface area contributed by atoms with Crippen molar-refractivity contribution < 1.29 is 0 Å². The molecule has 0 nitrogen and oxygen atoms in total. The lowest BCUT2D eigenvalue weighted by Gasteiger charge is -2.32. The normalized spacial score (nSPS) is 26.5. The van der Waals surface area contributed by atoms with Crippen LogP contribution in [0.25, 0.3) is 0 Å². The lowest BCUT2D eigenvalue weighted by Crippen LogP contribution is -2.20. The molecule has 18 heavy (non-hydrogen) atoms. The van der Waals surface area contributed by atoms with Gasteiger partial charge in [-0.2, -0.15) is 0 Å². The Balaban J connectivity index is 2.14. The SMILES string of the molecule is CCCCCC1CCC(C(C)CCC(C)C)CC1. The molecule has 1 aliphatic rings. The molecule has 0 aromatic carbocycles. The van der Waals surface area contributed by atoms with Crippen molar-refractivity contribution in [2.24, 2.45) is 23.7 Å². The van der Waals surface area contributed by atoms with Gasteiger partial charge in [-0.3, -0.25) is 0 Å². The fourth-order valence-corrected chi connectivity index (χ4v) is 3.56. The summed E-state index contributed by atoms with van der Waals surface area (Å²) in [6.07, 6.45) is 14.8. The van der Waals surface area contributed by atoms with Crippen LogP contribution in [0.4, 0.5) is 0 Å². The topological polar surface area (TPSA) is 0 Å². The van der Waals surface area contributed by atoms with E-state index in [2.05, 4.69) is 27.7 Å². The highest BCUT2D eigenvalue weighted by atomic mass is 14.3. The third kappa shape index (κ3) is 6.25. The van der Waals surface area contributed by atoms with E-state index in [9.17, 15) is 0 Å². The second-order valence-electron chi connectivity index (χ2n) is 7.23. The highest BCUT2D eigenvalue weighted by molar-refractivity contribution is 4.76. The summed E-state index contributed by atoms with van der Waals surface area (Å²) in [4.78, 5) is 0. The molecule has 1 atom stereocenters. The monoisotopic (exact) mass is 252 g/mol. The van der Waals surface area contributed by atoms with Gasteiger partial charge < -0.3 is 0 Å². The molecule has 1 rings (SSSR count). The molecular weight excluding hydrogens is 216 g/mol. The average molecular weight is 252 g/mol. The zero-order valence-corrected chi connectivity index (χ0v) is 13.4. The van der Waals surface area contributed by atoms with Crippen LogP contribution in [0.1, 0.15) is 91.9 Å². The second kappa shape index (κ2) is 8.99. The van der Waals surface area contributed by atoms with E-state index in [0.717, 1.165) is 23.7 Å². The largest absolute Gasteiger partial charge is 0.0654 e. The minimum atomic E-state index is 0.887. The Morgan fingerprint density at radius 3 is 2.11 bits per heavy atom. The standard InChI is InChI=1S/C18H36/c1-5-6-7-8-17-11-13-18(14-12-17)16(4)10-9-15(2)3/h15-18H,5-14H2,1-4H3. The highest BCUT2D eigenvalue weighted by Gasteiger charge is 2.24. The van der Waals surface area contributed by atoms with Gasteiger partial charge in [0.15, 0.2) is 0 Å². The third-order valence-corrected chi connectivity index (χ3v) is 5.11. The lowest BCUT2D eigenvalue weighted by molar-refractivity contribution is 0.193. The molecule has 0 aliphatic heterocycles. The molecule has 1 aliphatic carbocycles. The molecule has 0 aromatic heterocycles. The number of hydrogen-bond acceptors (Lipinski definition) is 0. The van der Waals surface area contributed by atoms with Gasteiger partial charge in [0.25, 0.3) is 0 Å². The number of rotatable bonds is 8. The van der Waals surface area contributed by atoms with Gasteiger partial charge in [-0.25, -0.2) is 0 Å². The Bertz CT molecular complexity index is 186. The maximum Gasteiger partial charge on any atom is -0.0388 e. The zero-order chi connectivity index (χ0) is 13.4. The molecule has 0 aromatic rings. The second-order valence-corrected chi connectivity index (χ2v) is 7.23. The smallest absolute Gasteiger partial charge is 0.0388 e. The predicted molar refractivity (Wildman–Crippen MR) is 82.8 cm³/mol. The molecule has 0 heteroatoms. The van der Waals surface area contributed by atoms with Crippen molar-refractivity contribution in [1.29, 1.82) is 0 Å². The van der Waals surface area contributed by atoms with Gasteiger partial charge >= 0.3 is 0 Å². The molecule has 0 bridgehead atoms. The van der Waals surface area contributed by atoms with E-state index in [4.69, 9.17) is 0 Å². The van der Waals surface area contributed by atoms with Crippen LogP contribution < -0.4 is 0 Å². The molecule has 0 spiro atoms. The molecule has 0 amide bonds. The Hall–Kier alpha value is 0. The van der Waals surface area contributed by atoms with Gasteiger partial charge in [-0.1, -0.05) is 79.1 Å². The summed E-state index contributed by atoms with van der Waals surface area (Å²) in [6.45, 7) is 9.53. The van der Waals surface area contributed by atoms with E-state index in [1.54, 1.807) is 0 Å². The lowest BCUT2D eigenvalue weighted by atomic mass is 9.73. The molecule has 0 heterocycles. The highest BCUT2D eigenvalue weighted by Crippen LogP contribution is 2.37. The Kier molecular flexibility index (Phi) is 8.02. The van der Waals surface area contributed by atoms with E-state index >= 15 is 0 Å². The first-order valence-electron chi connectivity index (χ1n) is 8.63. The van der Waals surface area contributed by atoms with Crippen molar-refractivity contribution >= 4 is 0 Å². The fraction of sp³-hybridized carbons (Fsp3) is 1.00. The van der Waals surface area contributed by atoms with Crippen molar-refractivity contribution in [2.75, 3.05) is 0 Å². The molecule has 1 fully saturated rings. The maximum absolute atomic E-state index is 2.50. The molecule has 0 N–H and O–H groups in total. The maximum atomic E-state index is 2.50. The summed E-state index contributed by atoms with van der Waals surface area (Å²) in [5.74, 6) is 3.98. The molecule has 0 saturated heterocycles. The minimum absolute atomic E-state index is 0.887. The fourth-order valence-electron chi connectivity index (χ4n) is 3.56. The van der Waals surface area contributed by atoms with Crippen LogP contribution in [0.3, 0.4) is 0 Å². The Morgan fingerprint density at radius 1 is 0.889 bits per heavy atom. The van der Waals surface area contributed by atoms with E-state index in [0.29, 0.717) is 0 Å². The average Bonchev–Trinajstić information content (AvgIpc) is 2.37. The number of unbranched alkanes of at least 4 members (excludes halogenated alkanes) is 2. The molecule has 0 radical (unpaired) electrons. The molecule has 108 valence electrons. The Morgan fingerprint density at radius 2 is 1.56 bits per heavy atom. The molecule has 1 saturated carbocycles. The quantitative estimate of drug-likeness (QED) is 0.436. The van der Waals surface area contributed by atoms with Crippen LogP contribution >= 0.6 is 0 Å². The first-order chi connectivity index (χ1) is 8.63. The summed E-state index contributed by atoms with van der Waals surface area (Å²) in [5, 5.41) is 0. The van der Waals surface area contributed by atoms with Gasteiger partial charge in [0.2, 0.25) is 0 Å². The van der Waals surface area contributed by atoms with Crippen molar-refractivity contribution in [1.82, 2.24) is 0 Å². The van der Waals surface area contributed by atoms with E-state index in [1.165, 1.54) is 64.2 Å². The first kappa shape index (κ1) is 16.1. The van der Waals surface area contributed by atoms with Crippen molar-refractivity contribution in [3.63, 3.8) is 0 Å². The summed E-state index contributed by atoms with van der Waals surface area (Å²) >= 11 is 0. The van der Waals surface area contributed by atoms with Gasteiger partial charge in [0.1, 0.15) is 0 Å². The first-order valence-corrected chi connectivity index (χ1v) is 8.63. The summed E-state index contributed by atoms with van der Waals surface area (Å²) in [5.41, 5.74) is 0. The van der Waals surface area contributed by atoms with Gasteiger partial charge in [-0.15, -0.1) is 0 Å². The summed E-state index contributed by atoms with van der Waals surface area (Å²) in [7, 11) is 0. The zero-order valence-electron chi connectivity index (χ0n) is 13.4. The van der Waals surface area contributed by atoms with E-state index in [1.807, 2.05) is 0 Å². The van der Waals surface area contributed by atoms with Gasteiger partial charge in [0.05, 0.1) is 0 Å². The van der Waals surface area contributed by atoms with Crippen LogP contribution in [0.15, 0.2) is 0 Å². The van der Waals surface area contributed by atoms with E-state index in [-0.39, 0.29) is 0 Å². The van der Waals surface area contributed by atoms with Gasteiger partial charge in [0, 0.05) is 0 Å². The van der Waals surface area contributed by atoms with Crippen LogP contribution in [0, 0.1) is 23.7 Å². The predicted octanol–water partition coefficient (Wildman–Crippen LogP) is 6.45. The summed E-state index contributed by atoms with van der Waals surface area (Å²) < 4.78 is 0. The van der Waals surface area contributed by atoms with Crippen molar-refractivity contribution in [3.05, 3.63) is 0 Å². The molecular formula is C18H36. The molecule has 1 unspecified atom stereocenters. The third-order valence-electron chi connectivity index (χ3n) is 5.11.